The lowest BCUT2D eigenvalue weighted by molar-refractivity contribution is 1.15. The van der Waals surface area contributed by atoms with Gasteiger partial charge in [-0.3, -0.25) is 9.97 Å². The van der Waals surface area contributed by atoms with Crippen LogP contribution in [0.5, 0.6) is 0 Å². The number of aryl methyl sites for hydroxylation is 3. The van der Waals surface area contributed by atoms with Crippen molar-refractivity contribution in [3.05, 3.63) is 145 Å². The molecule has 0 atom stereocenters. The van der Waals surface area contributed by atoms with Crippen molar-refractivity contribution in [2.75, 3.05) is 0 Å². The average molecular weight is 439 g/mol. The van der Waals surface area contributed by atoms with Crippen molar-refractivity contribution in [2.45, 2.75) is 34.6 Å². The zero-order valence-electron chi connectivity index (χ0n) is 20.8. The minimum atomic E-state index is 1.01. The standard InChI is InChI=1S/C14H17N.C9H10.C5H5N.C3H6/c1-5-7-13(8-6-2)14-10-11(3)9-12(4)15-14;1-3-9-7-5-4-6-8(9)2;1-2-4-6-5-3-1;1-3-2/h5-10H,1H2,2-4H3;3-7H,1H2,2H3;1-5H;3H,1H2,2H3/b8-6-,13-7+;;;. The highest BCUT2D eigenvalue weighted by molar-refractivity contribution is 5.73. The van der Waals surface area contributed by atoms with Gasteiger partial charge in [-0.2, -0.15) is 0 Å². The Labute approximate surface area is 201 Å². The summed E-state index contributed by atoms with van der Waals surface area (Å²) in [5.41, 5.74) is 6.89. The van der Waals surface area contributed by atoms with Crippen LogP contribution in [-0.4, -0.2) is 9.97 Å². The van der Waals surface area contributed by atoms with Gasteiger partial charge in [0.1, 0.15) is 0 Å². The number of aromatic nitrogens is 2. The van der Waals surface area contributed by atoms with Crippen LogP contribution in [0, 0.1) is 20.8 Å². The van der Waals surface area contributed by atoms with E-state index in [1.54, 1.807) is 24.5 Å². The van der Waals surface area contributed by atoms with Gasteiger partial charge in [-0.25, -0.2) is 0 Å². The fourth-order valence-corrected chi connectivity index (χ4v) is 2.65. The highest BCUT2D eigenvalue weighted by Crippen LogP contribution is 2.16. The van der Waals surface area contributed by atoms with Crippen LogP contribution in [0.2, 0.25) is 0 Å². The first-order chi connectivity index (χ1) is 15.9. The quantitative estimate of drug-likeness (QED) is 0.300. The van der Waals surface area contributed by atoms with Crippen LogP contribution in [0.25, 0.3) is 11.6 Å². The molecule has 33 heavy (non-hydrogen) atoms. The minimum absolute atomic E-state index is 1.01. The van der Waals surface area contributed by atoms with Crippen molar-refractivity contribution >= 4 is 11.6 Å². The van der Waals surface area contributed by atoms with Gasteiger partial charge in [0.2, 0.25) is 0 Å². The topological polar surface area (TPSA) is 25.8 Å². The van der Waals surface area contributed by atoms with E-state index in [1.807, 2.05) is 75.4 Å². The molecular formula is C31H38N2. The Bertz CT molecular complexity index is 965. The molecule has 0 radical (unpaired) electrons. The molecule has 0 saturated heterocycles. The third-order valence-electron chi connectivity index (χ3n) is 4.01. The third-order valence-corrected chi connectivity index (χ3v) is 4.01. The number of allylic oxidation sites excluding steroid dienone is 6. The fourth-order valence-electron chi connectivity index (χ4n) is 2.65. The minimum Gasteiger partial charge on any atom is -0.265 e. The van der Waals surface area contributed by atoms with Crippen LogP contribution in [0.4, 0.5) is 0 Å². The molecule has 0 N–H and O–H groups in total. The Morgan fingerprint density at radius 2 is 1.48 bits per heavy atom. The predicted octanol–water partition coefficient (Wildman–Crippen LogP) is 8.76. The molecule has 0 bridgehead atoms. The van der Waals surface area contributed by atoms with Gasteiger partial charge in [0.25, 0.3) is 0 Å². The van der Waals surface area contributed by atoms with Crippen molar-refractivity contribution < 1.29 is 0 Å². The maximum Gasteiger partial charge on any atom is 0.0707 e. The number of hydrogen-bond acceptors (Lipinski definition) is 2. The highest BCUT2D eigenvalue weighted by atomic mass is 14.7. The molecule has 0 saturated carbocycles. The summed E-state index contributed by atoms with van der Waals surface area (Å²) in [6.45, 7) is 20.8. The lowest BCUT2D eigenvalue weighted by Gasteiger charge is -2.04. The summed E-state index contributed by atoms with van der Waals surface area (Å²) >= 11 is 0. The van der Waals surface area contributed by atoms with E-state index in [0.717, 1.165) is 17.0 Å². The van der Waals surface area contributed by atoms with Crippen molar-refractivity contribution in [3.8, 4) is 0 Å². The Morgan fingerprint density at radius 1 is 0.848 bits per heavy atom. The van der Waals surface area contributed by atoms with Crippen molar-refractivity contribution in [2.24, 2.45) is 0 Å². The van der Waals surface area contributed by atoms with Crippen LogP contribution < -0.4 is 0 Å². The van der Waals surface area contributed by atoms with Gasteiger partial charge >= 0.3 is 0 Å². The van der Waals surface area contributed by atoms with Gasteiger partial charge in [0.15, 0.2) is 0 Å². The van der Waals surface area contributed by atoms with Crippen LogP contribution in [0.3, 0.4) is 0 Å². The van der Waals surface area contributed by atoms with Gasteiger partial charge in [0.05, 0.1) is 5.69 Å². The van der Waals surface area contributed by atoms with E-state index in [0.29, 0.717) is 0 Å². The van der Waals surface area contributed by atoms with Gasteiger partial charge in [-0.1, -0.05) is 79.9 Å². The third kappa shape index (κ3) is 14.0. The molecule has 172 valence electrons. The largest absolute Gasteiger partial charge is 0.265 e. The second kappa shape index (κ2) is 18.9. The number of nitrogens with zero attached hydrogens (tertiary/aromatic N) is 2. The van der Waals surface area contributed by atoms with E-state index in [4.69, 9.17) is 0 Å². The van der Waals surface area contributed by atoms with Crippen LogP contribution in [0.15, 0.2) is 117 Å². The summed E-state index contributed by atoms with van der Waals surface area (Å²) in [4.78, 5) is 8.29. The summed E-state index contributed by atoms with van der Waals surface area (Å²) < 4.78 is 0. The molecule has 2 aromatic heterocycles. The second-order valence-electron chi connectivity index (χ2n) is 7.02. The first-order valence-electron chi connectivity index (χ1n) is 10.9. The molecule has 3 aromatic rings. The highest BCUT2D eigenvalue weighted by Gasteiger charge is 2.00. The van der Waals surface area contributed by atoms with Crippen LogP contribution in [-0.2, 0) is 0 Å². The molecule has 2 heterocycles. The molecule has 0 aliphatic rings. The first kappa shape index (κ1) is 29.2. The van der Waals surface area contributed by atoms with Crippen molar-refractivity contribution in [1.29, 1.82) is 0 Å². The Balaban J connectivity index is 0.000000479. The van der Waals surface area contributed by atoms with E-state index in [2.05, 4.69) is 67.8 Å². The molecule has 0 unspecified atom stereocenters. The van der Waals surface area contributed by atoms with Crippen molar-refractivity contribution in [3.63, 3.8) is 0 Å². The van der Waals surface area contributed by atoms with E-state index < -0.39 is 0 Å². The van der Waals surface area contributed by atoms with E-state index in [-0.39, 0.29) is 0 Å². The maximum atomic E-state index is 4.50. The first-order valence-corrected chi connectivity index (χ1v) is 10.9. The van der Waals surface area contributed by atoms with Gasteiger partial charge in [-0.05, 0) is 81.1 Å². The normalized spacial score (nSPS) is 9.79. The summed E-state index contributed by atoms with van der Waals surface area (Å²) in [5.74, 6) is 0. The number of pyridine rings is 2. The fraction of sp³-hybridized carbons (Fsp3) is 0.161. The lowest BCUT2D eigenvalue weighted by atomic mass is 10.1. The van der Waals surface area contributed by atoms with Crippen LogP contribution >= 0.6 is 0 Å². The molecule has 0 amide bonds. The predicted molar refractivity (Wildman–Crippen MR) is 148 cm³/mol. The molecule has 2 heteroatoms. The SMILES string of the molecule is C=C/C=C(\C=C/C)c1cc(C)cc(C)n1.C=CC.C=Cc1ccccc1C.c1ccncc1. The van der Waals surface area contributed by atoms with Crippen molar-refractivity contribution in [1.82, 2.24) is 9.97 Å². The Hall–Kier alpha value is -3.78. The van der Waals surface area contributed by atoms with Gasteiger partial charge < -0.3 is 0 Å². The zero-order chi connectivity index (χ0) is 24.9. The Morgan fingerprint density at radius 3 is 1.88 bits per heavy atom. The average Bonchev–Trinajstić information content (AvgIpc) is 2.81. The summed E-state index contributed by atoms with van der Waals surface area (Å²) in [6, 6.07) is 18.1. The molecular weight excluding hydrogens is 400 g/mol. The zero-order valence-corrected chi connectivity index (χ0v) is 20.8. The maximum absolute atomic E-state index is 4.50. The number of hydrogen-bond donors (Lipinski definition) is 0. The molecule has 0 spiro atoms. The molecule has 1 aromatic carbocycles. The van der Waals surface area contributed by atoms with Gasteiger partial charge in [0, 0.05) is 18.1 Å². The van der Waals surface area contributed by atoms with E-state index >= 15 is 0 Å². The lowest BCUT2D eigenvalue weighted by Crippen LogP contribution is -1.91. The molecule has 0 aliphatic carbocycles. The van der Waals surface area contributed by atoms with E-state index in [9.17, 15) is 0 Å². The van der Waals surface area contributed by atoms with E-state index in [1.165, 1.54) is 16.7 Å². The number of rotatable bonds is 4. The summed E-state index contributed by atoms with van der Waals surface area (Å²) in [6.07, 6.45) is 14.9. The molecule has 0 fully saturated rings. The van der Waals surface area contributed by atoms with Gasteiger partial charge in [-0.15, -0.1) is 6.58 Å². The molecule has 2 nitrogen and oxygen atoms in total. The summed E-state index contributed by atoms with van der Waals surface area (Å²) in [7, 11) is 0. The summed E-state index contributed by atoms with van der Waals surface area (Å²) in [5, 5.41) is 0. The molecule has 0 aliphatic heterocycles. The second-order valence-corrected chi connectivity index (χ2v) is 7.02. The number of benzene rings is 1. The Kier molecular flexibility index (Phi) is 16.8. The monoisotopic (exact) mass is 438 g/mol. The molecule has 3 rings (SSSR count). The van der Waals surface area contributed by atoms with Crippen LogP contribution in [0.1, 0.15) is 41.9 Å². The smallest absolute Gasteiger partial charge is 0.0707 e.